The van der Waals surface area contributed by atoms with Crippen LogP contribution in [0.15, 0.2) is 35.5 Å². The molecule has 0 fully saturated rings. The van der Waals surface area contributed by atoms with Gasteiger partial charge in [-0.15, -0.1) is 0 Å². The highest BCUT2D eigenvalue weighted by Crippen LogP contribution is 2.18. The maximum Gasteiger partial charge on any atom is 0.338 e. The first kappa shape index (κ1) is 14.0. The molecule has 0 aliphatic carbocycles. The van der Waals surface area contributed by atoms with Crippen molar-refractivity contribution in [3.05, 3.63) is 41.8 Å². The van der Waals surface area contributed by atoms with E-state index in [-0.39, 0.29) is 10.7 Å². The van der Waals surface area contributed by atoms with Crippen molar-refractivity contribution in [3.8, 4) is 0 Å². The molecule has 1 aromatic heterocycles. The molecule has 0 atom stereocenters. The molecule has 20 heavy (non-hydrogen) atoms. The molecule has 0 spiro atoms. The van der Waals surface area contributed by atoms with Crippen LogP contribution >= 0.6 is 0 Å². The van der Waals surface area contributed by atoms with Gasteiger partial charge in [0.25, 0.3) is 10.0 Å². The Bertz CT molecular complexity index is 770. The Morgan fingerprint density at radius 2 is 2.10 bits per heavy atom. The van der Waals surface area contributed by atoms with Gasteiger partial charge in [-0.05, 0) is 24.3 Å². The lowest BCUT2D eigenvalue weighted by molar-refractivity contribution is 0.0692. The van der Waals surface area contributed by atoms with E-state index in [0.717, 1.165) is 16.8 Å². The number of hydrogen-bond acceptors (Lipinski definition) is 4. The predicted octanol–water partition coefficient (Wildman–Crippen LogP) is 1.06. The van der Waals surface area contributed by atoms with E-state index < -0.39 is 27.4 Å². The summed E-state index contributed by atoms with van der Waals surface area (Å²) in [4.78, 5) is 10.7. The Morgan fingerprint density at radius 1 is 1.40 bits per heavy atom. The molecule has 0 aliphatic heterocycles. The second-order valence-electron chi connectivity index (χ2n) is 3.90. The molecule has 2 aromatic rings. The van der Waals surface area contributed by atoms with Crippen molar-refractivity contribution in [1.82, 2.24) is 9.78 Å². The number of nitrogens with one attached hydrogen (secondary N) is 1. The van der Waals surface area contributed by atoms with E-state index in [4.69, 9.17) is 5.11 Å². The summed E-state index contributed by atoms with van der Waals surface area (Å²) >= 11 is 0. The number of carboxylic acids is 1. The van der Waals surface area contributed by atoms with Gasteiger partial charge in [0.05, 0.1) is 17.4 Å². The number of carboxylic acid groups (broad SMARTS) is 1. The van der Waals surface area contributed by atoms with Gasteiger partial charge in [-0.1, -0.05) is 0 Å². The summed E-state index contributed by atoms with van der Waals surface area (Å²) < 4.78 is 40.8. The third kappa shape index (κ3) is 2.62. The summed E-state index contributed by atoms with van der Waals surface area (Å²) in [6.45, 7) is 0. The third-order valence-electron chi connectivity index (χ3n) is 2.50. The number of sulfonamides is 1. The van der Waals surface area contributed by atoms with Crippen LogP contribution in [0.5, 0.6) is 0 Å². The van der Waals surface area contributed by atoms with Gasteiger partial charge in [-0.3, -0.25) is 9.40 Å². The molecule has 2 N–H and O–H groups in total. The third-order valence-corrected chi connectivity index (χ3v) is 3.96. The minimum atomic E-state index is -3.91. The SMILES string of the molecule is Cn1nccc1S(=O)(=O)Nc1ccc(C(=O)O)c(F)c1. The average molecular weight is 299 g/mol. The Morgan fingerprint density at radius 3 is 2.60 bits per heavy atom. The first-order valence-electron chi connectivity index (χ1n) is 5.35. The number of halogens is 1. The second kappa shape index (κ2) is 4.93. The number of nitrogens with zero attached hydrogens (tertiary/aromatic N) is 2. The van der Waals surface area contributed by atoms with Gasteiger partial charge < -0.3 is 5.11 Å². The number of benzene rings is 1. The topological polar surface area (TPSA) is 101 Å². The molecule has 0 bridgehead atoms. The van der Waals surface area contributed by atoms with Crippen molar-refractivity contribution in [1.29, 1.82) is 0 Å². The maximum atomic E-state index is 13.5. The standard InChI is InChI=1S/C11H10FN3O4S/c1-15-10(4-5-13-15)20(18,19)14-7-2-3-8(11(16)17)9(12)6-7/h2-6,14H,1H3,(H,16,17). The molecule has 0 radical (unpaired) electrons. The lowest BCUT2D eigenvalue weighted by Gasteiger charge is -2.08. The van der Waals surface area contributed by atoms with E-state index in [1.54, 1.807) is 0 Å². The summed E-state index contributed by atoms with van der Waals surface area (Å²) in [5, 5.41) is 12.3. The molecule has 0 amide bonds. The smallest absolute Gasteiger partial charge is 0.338 e. The van der Waals surface area contributed by atoms with E-state index in [0.29, 0.717) is 0 Å². The Balaban J connectivity index is 2.33. The number of anilines is 1. The molecule has 0 aliphatic rings. The zero-order chi connectivity index (χ0) is 14.9. The van der Waals surface area contributed by atoms with Crippen LogP contribution in [0.25, 0.3) is 0 Å². The number of carbonyl (C=O) groups is 1. The van der Waals surface area contributed by atoms with Gasteiger partial charge >= 0.3 is 5.97 Å². The molecule has 7 nitrogen and oxygen atoms in total. The Labute approximate surface area is 113 Å². The number of hydrogen-bond donors (Lipinski definition) is 2. The zero-order valence-corrected chi connectivity index (χ0v) is 11.1. The molecule has 0 saturated carbocycles. The van der Waals surface area contributed by atoms with Crippen molar-refractivity contribution in [2.24, 2.45) is 7.05 Å². The molecule has 1 aromatic carbocycles. The molecular formula is C11H10FN3O4S. The van der Waals surface area contributed by atoms with E-state index in [9.17, 15) is 17.6 Å². The van der Waals surface area contributed by atoms with Gasteiger partial charge in [0.1, 0.15) is 5.82 Å². The van der Waals surface area contributed by atoms with Crippen LogP contribution in [-0.4, -0.2) is 29.3 Å². The highest BCUT2D eigenvalue weighted by Gasteiger charge is 2.19. The minimum absolute atomic E-state index is 0.0753. The van der Waals surface area contributed by atoms with Crippen molar-refractivity contribution in [2.45, 2.75) is 5.03 Å². The van der Waals surface area contributed by atoms with Gasteiger partial charge in [0, 0.05) is 7.05 Å². The van der Waals surface area contributed by atoms with E-state index in [2.05, 4.69) is 9.82 Å². The summed E-state index contributed by atoms with van der Waals surface area (Å²) in [7, 11) is -2.47. The number of aryl methyl sites for hydroxylation is 1. The molecule has 106 valence electrons. The van der Waals surface area contributed by atoms with Crippen LogP contribution < -0.4 is 4.72 Å². The van der Waals surface area contributed by atoms with Crippen molar-refractivity contribution in [2.75, 3.05) is 4.72 Å². The second-order valence-corrected chi connectivity index (χ2v) is 5.53. The largest absolute Gasteiger partial charge is 0.478 e. The van der Waals surface area contributed by atoms with Crippen LogP contribution in [0, 0.1) is 5.82 Å². The zero-order valence-electron chi connectivity index (χ0n) is 10.2. The van der Waals surface area contributed by atoms with Crippen LogP contribution in [0.1, 0.15) is 10.4 Å². The number of aromatic carboxylic acids is 1. The fourth-order valence-corrected chi connectivity index (χ4v) is 2.76. The molecular weight excluding hydrogens is 289 g/mol. The Hall–Kier alpha value is -2.42. The van der Waals surface area contributed by atoms with Crippen molar-refractivity contribution < 1.29 is 22.7 Å². The predicted molar refractivity (Wildman–Crippen MR) is 67.4 cm³/mol. The molecule has 9 heteroatoms. The van der Waals surface area contributed by atoms with E-state index in [1.807, 2.05) is 0 Å². The van der Waals surface area contributed by atoms with Crippen molar-refractivity contribution in [3.63, 3.8) is 0 Å². The number of rotatable bonds is 4. The normalized spacial score (nSPS) is 11.3. The fourth-order valence-electron chi connectivity index (χ4n) is 1.58. The average Bonchev–Trinajstić information content (AvgIpc) is 2.75. The van der Waals surface area contributed by atoms with E-state index >= 15 is 0 Å². The van der Waals surface area contributed by atoms with Gasteiger partial charge in [0.15, 0.2) is 5.03 Å². The van der Waals surface area contributed by atoms with E-state index in [1.165, 1.54) is 25.4 Å². The summed E-state index contributed by atoms with van der Waals surface area (Å²) in [6.07, 6.45) is 1.31. The van der Waals surface area contributed by atoms with Crippen LogP contribution in [0.4, 0.5) is 10.1 Å². The monoisotopic (exact) mass is 299 g/mol. The lowest BCUT2D eigenvalue weighted by atomic mass is 10.2. The molecule has 2 rings (SSSR count). The lowest BCUT2D eigenvalue weighted by Crippen LogP contribution is -2.17. The van der Waals surface area contributed by atoms with Gasteiger partial charge in [-0.2, -0.15) is 13.5 Å². The minimum Gasteiger partial charge on any atom is -0.478 e. The highest BCUT2D eigenvalue weighted by molar-refractivity contribution is 7.92. The summed E-state index contributed by atoms with van der Waals surface area (Å²) in [5.74, 6) is -2.45. The molecule has 0 unspecified atom stereocenters. The van der Waals surface area contributed by atoms with Crippen LogP contribution in [0.2, 0.25) is 0 Å². The van der Waals surface area contributed by atoms with Crippen LogP contribution in [-0.2, 0) is 17.1 Å². The highest BCUT2D eigenvalue weighted by atomic mass is 32.2. The van der Waals surface area contributed by atoms with Crippen LogP contribution in [0.3, 0.4) is 0 Å². The summed E-state index contributed by atoms with van der Waals surface area (Å²) in [6, 6.07) is 4.24. The quantitative estimate of drug-likeness (QED) is 0.879. The first-order chi connectivity index (χ1) is 9.31. The molecule has 1 heterocycles. The first-order valence-corrected chi connectivity index (χ1v) is 6.83. The van der Waals surface area contributed by atoms with Gasteiger partial charge in [-0.25, -0.2) is 9.18 Å². The van der Waals surface area contributed by atoms with Gasteiger partial charge in [0.2, 0.25) is 0 Å². The maximum absolute atomic E-state index is 13.5. The number of aromatic nitrogens is 2. The fraction of sp³-hybridized carbons (Fsp3) is 0.0909. The Kier molecular flexibility index (Phi) is 3.45. The summed E-state index contributed by atoms with van der Waals surface area (Å²) in [5.41, 5.74) is -0.609. The van der Waals surface area contributed by atoms with Crippen molar-refractivity contribution >= 4 is 21.7 Å². The molecule has 0 saturated heterocycles.